The maximum Gasteiger partial charge on any atom is 0.240 e. The van der Waals surface area contributed by atoms with E-state index in [0.717, 1.165) is 37.6 Å². The molecular weight excluding hydrogens is 264 g/mol. The minimum absolute atomic E-state index is 0.0599. The van der Waals surface area contributed by atoms with Gasteiger partial charge in [-0.25, -0.2) is 4.98 Å². The van der Waals surface area contributed by atoms with Crippen LogP contribution < -0.4 is 10.6 Å². The maximum absolute atomic E-state index is 12.2. The standard InChI is InChI=1S/C16H28N4O/c1-11(2)8-18-14(21)10-20-13-6-7-17-9-12(13)19-15(20)16(3,4)5/h11,17H,6-10H2,1-5H3,(H,18,21). The number of fused-ring (bicyclic) bond motifs is 1. The van der Waals surface area contributed by atoms with Crippen LogP contribution in [0.25, 0.3) is 0 Å². The van der Waals surface area contributed by atoms with E-state index in [-0.39, 0.29) is 11.3 Å². The Morgan fingerprint density at radius 2 is 2.14 bits per heavy atom. The Kier molecular flexibility index (Phi) is 4.71. The van der Waals surface area contributed by atoms with E-state index in [2.05, 4.69) is 49.8 Å². The van der Waals surface area contributed by atoms with Gasteiger partial charge >= 0.3 is 0 Å². The van der Waals surface area contributed by atoms with Crippen molar-refractivity contribution < 1.29 is 4.79 Å². The zero-order valence-corrected chi connectivity index (χ0v) is 13.9. The first-order valence-corrected chi connectivity index (χ1v) is 7.85. The molecule has 0 aromatic carbocycles. The fourth-order valence-corrected chi connectivity index (χ4v) is 2.63. The highest BCUT2D eigenvalue weighted by molar-refractivity contribution is 5.76. The van der Waals surface area contributed by atoms with Gasteiger partial charge in [-0.3, -0.25) is 4.79 Å². The van der Waals surface area contributed by atoms with E-state index in [4.69, 9.17) is 4.98 Å². The van der Waals surface area contributed by atoms with E-state index in [1.54, 1.807) is 0 Å². The van der Waals surface area contributed by atoms with Crippen LogP contribution in [0.5, 0.6) is 0 Å². The highest BCUT2D eigenvalue weighted by Gasteiger charge is 2.27. The molecule has 0 saturated carbocycles. The van der Waals surface area contributed by atoms with Gasteiger partial charge in [0.15, 0.2) is 0 Å². The molecule has 21 heavy (non-hydrogen) atoms. The first-order valence-electron chi connectivity index (χ1n) is 7.85. The van der Waals surface area contributed by atoms with Crippen molar-refractivity contribution in [2.24, 2.45) is 5.92 Å². The van der Waals surface area contributed by atoms with Crippen molar-refractivity contribution in [2.45, 2.75) is 59.5 Å². The number of hydrogen-bond acceptors (Lipinski definition) is 3. The number of rotatable bonds is 4. The van der Waals surface area contributed by atoms with Gasteiger partial charge in [-0.2, -0.15) is 0 Å². The molecule has 2 N–H and O–H groups in total. The molecule has 0 unspecified atom stereocenters. The van der Waals surface area contributed by atoms with Crippen molar-refractivity contribution in [1.29, 1.82) is 0 Å². The second-order valence-corrected chi connectivity index (χ2v) is 7.29. The molecule has 0 bridgehead atoms. The lowest BCUT2D eigenvalue weighted by atomic mass is 9.95. The molecular formula is C16H28N4O. The van der Waals surface area contributed by atoms with E-state index in [9.17, 15) is 4.79 Å². The Hall–Kier alpha value is -1.36. The topological polar surface area (TPSA) is 59.0 Å². The number of nitrogens with one attached hydrogen (secondary N) is 2. The molecule has 1 aliphatic rings. The fraction of sp³-hybridized carbons (Fsp3) is 0.750. The minimum atomic E-state index is -0.0599. The summed E-state index contributed by atoms with van der Waals surface area (Å²) in [6, 6.07) is 0. The Labute approximate surface area is 127 Å². The van der Waals surface area contributed by atoms with Crippen LogP contribution in [0.2, 0.25) is 0 Å². The summed E-state index contributed by atoms with van der Waals surface area (Å²) in [5, 5.41) is 6.35. The van der Waals surface area contributed by atoms with Crippen LogP contribution >= 0.6 is 0 Å². The van der Waals surface area contributed by atoms with Gasteiger partial charge in [0.05, 0.1) is 5.69 Å². The van der Waals surface area contributed by atoms with Gasteiger partial charge < -0.3 is 15.2 Å². The third-order valence-corrected chi connectivity index (χ3v) is 3.67. The monoisotopic (exact) mass is 292 g/mol. The summed E-state index contributed by atoms with van der Waals surface area (Å²) < 4.78 is 2.13. The van der Waals surface area contributed by atoms with Crippen LogP contribution in [-0.4, -0.2) is 28.5 Å². The van der Waals surface area contributed by atoms with Crippen LogP contribution in [0, 0.1) is 5.92 Å². The van der Waals surface area contributed by atoms with Gasteiger partial charge in [0.25, 0.3) is 0 Å². The predicted octanol–water partition coefficient (Wildman–Crippen LogP) is 1.60. The first kappa shape index (κ1) is 16.0. The smallest absolute Gasteiger partial charge is 0.240 e. The second kappa shape index (κ2) is 6.18. The number of imidazole rings is 1. The summed E-state index contributed by atoms with van der Waals surface area (Å²) in [7, 11) is 0. The molecule has 118 valence electrons. The van der Waals surface area contributed by atoms with Crippen LogP contribution in [0.15, 0.2) is 0 Å². The summed E-state index contributed by atoms with van der Waals surface area (Å²) in [5.74, 6) is 1.56. The second-order valence-electron chi connectivity index (χ2n) is 7.29. The SMILES string of the molecule is CC(C)CNC(=O)Cn1c(C(C)(C)C)nc2c1CCNC2. The van der Waals surface area contributed by atoms with Gasteiger partial charge in [-0.05, 0) is 5.92 Å². The highest BCUT2D eigenvalue weighted by Crippen LogP contribution is 2.26. The van der Waals surface area contributed by atoms with E-state index in [0.29, 0.717) is 12.5 Å². The van der Waals surface area contributed by atoms with E-state index in [1.807, 2.05) is 0 Å². The zero-order chi connectivity index (χ0) is 15.6. The average molecular weight is 292 g/mol. The fourth-order valence-electron chi connectivity index (χ4n) is 2.63. The Morgan fingerprint density at radius 1 is 1.43 bits per heavy atom. The van der Waals surface area contributed by atoms with Crippen molar-refractivity contribution >= 4 is 5.91 Å². The molecule has 1 aromatic heterocycles. The average Bonchev–Trinajstić information content (AvgIpc) is 2.75. The lowest BCUT2D eigenvalue weighted by Gasteiger charge is -2.21. The van der Waals surface area contributed by atoms with Crippen LogP contribution in [0.4, 0.5) is 0 Å². The Balaban J connectivity index is 2.24. The molecule has 5 nitrogen and oxygen atoms in total. The first-order chi connectivity index (χ1) is 9.79. The van der Waals surface area contributed by atoms with Gasteiger partial charge in [0.2, 0.25) is 5.91 Å². The summed E-state index contributed by atoms with van der Waals surface area (Å²) in [5.41, 5.74) is 2.26. The number of aromatic nitrogens is 2. The molecule has 1 aromatic rings. The van der Waals surface area contributed by atoms with Crippen molar-refractivity contribution in [3.05, 3.63) is 17.2 Å². The maximum atomic E-state index is 12.2. The van der Waals surface area contributed by atoms with Crippen molar-refractivity contribution in [3.63, 3.8) is 0 Å². The minimum Gasteiger partial charge on any atom is -0.354 e. The number of amides is 1. The summed E-state index contributed by atoms with van der Waals surface area (Å²) >= 11 is 0. The van der Waals surface area contributed by atoms with Crippen LogP contribution in [-0.2, 0) is 29.7 Å². The number of hydrogen-bond donors (Lipinski definition) is 2. The molecule has 0 radical (unpaired) electrons. The van der Waals surface area contributed by atoms with Crippen LogP contribution in [0.1, 0.15) is 51.8 Å². The molecule has 1 amide bonds. The molecule has 5 heteroatoms. The van der Waals surface area contributed by atoms with Gasteiger partial charge in [0, 0.05) is 37.2 Å². The number of carbonyl (C=O) groups is 1. The summed E-state index contributed by atoms with van der Waals surface area (Å²) in [6.45, 7) is 13.5. The number of carbonyl (C=O) groups excluding carboxylic acids is 1. The molecule has 2 heterocycles. The van der Waals surface area contributed by atoms with E-state index >= 15 is 0 Å². The zero-order valence-electron chi connectivity index (χ0n) is 13.9. The molecule has 0 fully saturated rings. The highest BCUT2D eigenvalue weighted by atomic mass is 16.1. The summed E-state index contributed by atoms with van der Waals surface area (Å²) in [4.78, 5) is 17.0. The molecule has 2 rings (SSSR count). The quantitative estimate of drug-likeness (QED) is 0.886. The van der Waals surface area contributed by atoms with Crippen molar-refractivity contribution in [3.8, 4) is 0 Å². The van der Waals surface area contributed by atoms with Gasteiger partial charge in [0.1, 0.15) is 12.4 Å². The van der Waals surface area contributed by atoms with Crippen molar-refractivity contribution in [1.82, 2.24) is 20.2 Å². The third kappa shape index (κ3) is 3.84. The van der Waals surface area contributed by atoms with Crippen LogP contribution in [0.3, 0.4) is 0 Å². The third-order valence-electron chi connectivity index (χ3n) is 3.67. The predicted molar refractivity (Wildman–Crippen MR) is 84.2 cm³/mol. The van der Waals surface area contributed by atoms with Crippen molar-refractivity contribution in [2.75, 3.05) is 13.1 Å². The Morgan fingerprint density at radius 3 is 2.76 bits per heavy atom. The van der Waals surface area contributed by atoms with E-state index in [1.165, 1.54) is 5.69 Å². The normalized spacial score (nSPS) is 15.1. The molecule has 1 aliphatic heterocycles. The molecule has 0 aliphatic carbocycles. The lowest BCUT2D eigenvalue weighted by molar-refractivity contribution is -0.121. The Bertz CT molecular complexity index is 511. The van der Waals surface area contributed by atoms with Gasteiger partial charge in [-0.15, -0.1) is 0 Å². The number of nitrogens with zero attached hydrogens (tertiary/aromatic N) is 2. The summed E-state index contributed by atoms with van der Waals surface area (Å²) in [6.07, 6.45) is 0.940. The van der Waals surface area contributed by atoms with Gasteiger partial charge in [-0.1, -0.05) is 34.6 Å². The van der Waals surface area contributed by atoms with E-state index < -0.39 is 0 Å². The lowest BCUT2D eigenvalue weighted by Crippen LogP contribution is -2.33. The molecule has 0 spiro atoms. The largest absolute Gasteiger partial charge is 0.354 e. The molecule has 0 saturated heterocycles. The molecule has 0 atom stereocenters.